The number of nitrogens with one attached hydrogen (secondary N) is 1. The van der Waals surface area contributed by atoms with Crippen LogP contribution in [0.25, 0.3) is 0 Å². The number of hydrogen-bond donors (Lipinski definition) is 2. The van der Waals surface area contributed by atoms with Gasteiger partial charge in [-0.1, -0.05) is 30.3 Å². The van der Waals surface area contributed by atoms with Crippen molar-refractivity contribution in [1.82, 2.24) is 4.98 Å². The van der Waals surface area contributed by atoms with E-state index in [0.717, 1.165) is 11.3 Å². The zero-order chi connectivity index (χ0) is 9.97. The van der Waals surface area contributed by atoms with Crippen LogP contribution in [0, 0.1) is 3.95 Å². The highest BCUT2D eigenvalue weighted by Gasteiger charge is 2.05. The minimum atomic E-state index is 0.198. The van der Waals surface area contributed by atoms with Crippen molar-refractivity contribution in [3.63, 3.8) is 0 Å². The van der Waals surface area contributed by atoms with Crippen LogP contribution in [0.15, 0.2) is 30.3 Å². The van der Waals surface area contributed by atoms with Gasteiger partial charge in [-0.15, -0.1) is 11.3 Å². The Morgan fingerprint density at radius 1 is 1.29 bits per heavy atom. The average molecular weight is 223 g/mol. The summed E-state index contributed by atoms with van der Waals surface area (Å²) in [4.78, 5) is 3.61. The molecule has 0 aliphatic heterocycles. The fourth-order valence-corrected chi connectivity index (χ4v) is 2.41. The maximum atomic E-state index is 9.48. The predicted octanol–water partition coefficient (Wildman–Crippen LogP) is 3.10. The lowest BCUT2D eigenvalue weighted by molar-refractivity contribution is 0.452. The maximum absolute atomic E-state index is 9.48. The van der Waals surface area contributed by atoms with Gasteiger partial charge in [-0.25, -0.2) is 0 Å². The number of aromatic amines is 1. The smallest absolute Gasteiger partial charge is 0.203 e. The van der Waals surface area contributed by atoms with Crippen molar-refractivity contribution in [3.05, 3.63) is 44.7 Å². The van der Waals surface area contributed by atoms with E-state index >= 15 is 0 Å². The molecule has 14 heavy (non-hydrogen) atoms. The molecule has 0 amide bonds. The second-order valence-electron chi connectivity index (χ2n) is 2.95. The number of benzene rings is 1. The third-order valence-corrected chi connectivity index (χ3v) is 3.13. The Balaban J connectivity index is 2.27. The molecule has 2 aromatic rings. The summed E-state index contributed by atoms with van der Waals surface area (Å²) >= 11 is 6.36. The molecular weight excluding hydrogens is 214 g/mol. The van der Waals surface area contributed by atoms with Gasteiger partial charge in [0.25, 0.3) is 0 Å². The van der Waals surface area contributed by atoms with Crippen LogP contribution < -0.4 is 0 Å². The fraction of sp³-hybridized carbons (Fsp3) is 0.100. The second kappa shape index (κ2) is 3.94. The Kier molecular flexibility index (Phi) is 2.65. The predicted molar refractivity (Wildman–Crippen MR) is 60.4 cm³/mol. The largest absolute Gasteiger partial charge is 0.494 e. The maximum Gasteiger partial charge on any atom is 0.203 e. The minimum Gasteiger partial charge on any atom is -0.494 e. The summed E-state index contributed by atoms with van der Waals surface area (Å²) in [5, 5.41) is 9.48. The van der Waals surface area contributed by atoms with E-state index in [1.807, 2.05) is 30.3 Å². The van der Waals surface area contributed by atoms with Gasteiger partial charge in [-0.3, -0.25) is 0 Å². The van der Waals surface area contributed by atoms with E-state index in [2.05, 4.69) is 4.98 Å². The number of rotatable bonds is 2. The molecular formula is C10H9NOS2. The molecule has 0 fully saturated rings. The summed E-state index contributed by atoms with van der Waals surface area (Å²) in [5.41, 5.74) is 1.17. The second-order valence-corrected chi connectivity index (χ2v) is 4.72. The number of aromatic hydroxyl groups is 1. The van der Waals surface area contributed by atoms with Gasteiger partial charge in [0.2, 0.25) is 5.88 Å². The van der Waals surface area contributed by atoms with Crippen molar-refractivity contribution in [3.8, 4) is 5.88 Å². The van der Waals surface area contributed by atoms with Gasteiger partial charge in [-0.2, -0.15) is 0 Å². The fourth-order valence-electron chi connectivity index (χ4n) is 1.25. The molecule has 0 aliphatic carbocycles. The first-order valence-corrected chi connectivity index (χ1v) is 5.43. The number of thiazole rings is 1. The van der Waals surface area contributed by atoms with Crippen LogP contribution in [0.4, 0.5) is 0 Å². The summed E-state index contributed by atoms with van der Waals surface area (Å²) in [6.45, 7) is 0. The third-order valence-electron chi connectivity index (χ3n) is 1.91. The Morgan fingerprint density at radius 3 is 2.57 bits per heavy atom. The first kappa shape index (κ1) is 9.43. The molecule has 0 radical (unpaired) electrons. The van der Waals surface area contributed by atoms with Gasteiger partial charge in [0.15, 0.2) is 3.95 Å². The lowest BCUT2D eigenvalue weighted by Gasteiger charge is -1.97. The molecule has 72 valence electrons. The van der Waals surface area contributed by atoms with Gasteiger partial charge in [0, 0.05) is 6.42 Å². The van der Waals surface area contributed by atoms with Crippen molar-refractivity contribution < 1.29 is 5.11 Å². The van der Waals surface area contributed by atoms with Crippen molar-refractivity contribution >= 4 is 23.6 Å². The Hall–Kier alpha value is -1.13. The van der Waals surface area contributed by atoms with Crippen LogP contribution in [-0.2, 0) is 6.42 Å². The molecule has 1 aromatic carbocycles. The molecule has 1 heterocycles. The normalized spacial score (nSPS) is 10.3. The SMILES string of the molecule is Oc1[nH]c(=S)sc1Cc1ccccc1. The van der Waals surface area contributed by atoms with Crippen molar-refractivity contribution in [1.29, 1.82) is 0 Å². The molecule has 0 atom stereocenters. The van der Waals surface area contributed by atoms with Crippen LogP contribution in [0.2, 0.25) is 0 Å². The summed E-state index contributed by atoms with van der Waals surface area (Å²) in [6.07, 6.45) is 0.727. The van der Waals surface area contributed by atoms with Crippen molar-refractivity contribution in [2.75, 3.05) is 0 Å². The molecule has 4 heteroatoms. The Labute approximate surface area is 90.9 Å². The Bertz CT molecular complexity index is 472. The summed E-state index contributed by atoms with van der Waals surface area (Å²) in [5.74, 6) is 0.198. The average Bonchev–Trinajstić information content (AvgIpc) is 2.47. The molecule has 0 aliphatic rings. The van der Waals surface area contributed by atoms with Crippen LogP contribution in [0.5, 0.6) is 5.88 Å². The molecule has 0 bridgehead atoms. The van der Waals surface area contributed by atoms with E-state index in [-0.39, 0.29) is 5.88 Å². The van der Waals surface area contributed by atoms with Crippen LogP contribution in [0.3, 0.4) is 0 Å². The molecule has 0 saturated heterocycles. The molecule has 0 saturated carbocycles. The lowest BCUT2D eigenvalue weighted by Crippen LogP contribution is -1.83. The monoisotopic (exact) mass is 223 g/mol. The summed E-state index contributed by atoms with van der Waals surface area (Å²) < 4.78 is 0.619. The Morgan fingerprint density at radius 2 is 2.00 bits per heavy atom. The zero-order valence-electron chi connectivity index (χ0n) is 7.36. The van der Waals surface area contributed by atoms with Gasteiger partial charge >= 0.3 is 0 Å². The first-order chi connectivity index (χ1) is 6.75. The zero-order valence-corrected chi connectivity index (χ0v) is 8.99. The van der Waals surface area contributed by atoms with Crippen molar-refractivity contribution in [2.24, 2.45) is 0 Å². The topological polar surface area (TPSA) is 36.0 Å². The van der Waals surface area contributed by atoms with Crippen LogP contribution >= 0.6 is 23.6 Å². The van der Waals surface area contributed by atoms with E-state index in [1.54, 1.807) is 0 Å². The highest BCUT2D eigenvalue weighted by molar-refractivity contribution is 7.73. The van der Waals surface area contributed by atoms with Gasteiger partial charge < -0.3 is 10.1 Å². The highest BCUT2D eigenvalue weighted by Crippen LogP contribution is 2.24. The van der Waals surface area contributed by atoms with E-state index in [0.29, 0.717) is 3.95 Å². The van der Waals surface area contributed by atoms with Crippen LogP contribution in [0.1, 0.15) is 10.4 Å². The van der Waals surface area contributed by atoms with Gasteiger partial charge in [-0.05, 0) is 17.8 Å². The van der Waals surface area contributed by atoms with Crippen molar-refractivity contribution in [2.45, 2.75) is 6.42 Å². The highest BCUT2D eigenvalue weighted by atomic mass is 32.1. The lowest BCUT2D eigenvalue weighted by atomic mass is 10.1. The number of aromatic nitrogens is 1. The third kappa shape index (κ3) is 2.02. The molecule has 2 nitrogen and oxygen atoms in total. The quantitative estimate of drug-likeness (QED) is 0.767. The molecule has 0 unspecified atom stereocenters. The first-order valence-electron chi connectivity index (χ1n) is 4.20. The number of H-pyrrole nitrogens is 1. The molecule has 0 spiro atoms. The molecule has 2 rings (SSSR count). The van der Waals surface area contributed by atoms with Gasteiger partial charge in [0.05, 0.1) is 4.88 Å². The number of hydrogen-bond acceptors (Lipinski definition) is 3. The van der Waals surface area contributed by atoms with E-state index < -0.39 is 0 Å². The summed E-state index contributed by atoms with van der Waals surface area (Å²) in [6, 6.07) is 10.0. The molecule has 1 aromatic heterocycles. The molecule has 2 N–H and O–H groups in total. The van der Waals surface area contributed by atoms with Gasteiger partial charge in [0.1, 0.15) is 0 Å². The van der Waals surface area contributed by atoms with Crippen LogP contribution in [-0.4, -0.2) is 10.1 Å². The van der Waals surface area contributed by atoms with E-state index in [9.17, 15) is 5.11 Å². The van der Waals surface area contributed by atoms with E-state index in [4.69, 9.17) is 12.2 Å². The van der Waals surface area contributed by atoms with E-state index in [1.165, 1.54) is 16.9 Å². The standard InChI is InChI=1S/C10H9NOS2/c12-9-8(14-10(13)11-9)6-7-4-2-1-3-5-7/h1-5,12H,6H2,(H,11,13). The summed E-state index contributed by atoms with van der Waals surface area (Å²) in [7, 11) is 0. The minimum absolute atomic E-state index is 0.198.